The van der Waals surface area contributed by atoms with Gasteiger partial charge >= 0.3 is 11.9 Å². The minimum Gasteiger partial charge on any atom is -0.478 e. The number of pyridine rings is 2. The van der Waals surface area contributed by atoms with Gasteiger partial charge in [0.05, 0.1) is 11.0 Å². The first-order chi connectivity index (χ1) is 8.59. The van der Waals surface area contributed by atoms with Crippen molar-refractivity contribution in [3.63, 3.8) is 0 Å². The Morgan fingerprint density at radius 2 is 1.28 bits per heavy atom. The summed E-state index contributed by atoms with van der Waals surface area (Å²) in [5, 5.41) is 15.6. The van der Waals surface area contributed by atoms with Crippen LogP contribution in [0.5, 0.6) is 0 Å². The molecule has 2 N–H and O–H groups in total. The highest BCUT2D eigenvalue weighted by Gasteiger charge is 1.88. The molecule has 0 saturated heterocycles. The summed E-state index contributed by atoms with van der Waals surface area (Å²) in [5.41, 5.74) is 1.90. The van der Waals surface area contributed by atoms with Crippen LogP contribution in [-0.2, 0) is 9.59 Å². The van der Waals surface area contributed by atoms with Gasteiger partial charge in [-0.1, -0.05) is 0 Å². The van der Waals surface area contributed by atoms with Crippen molar-refractivity contribution in [2.75, 3.05) is 0 Å². The number of rotatable bonds is 2. The Balaban J connectivity index is 0.000000187. The van der Waals surface area contributed by atoms with Crippen molar-refractivity contribution in [3.05, 3.63) is 48.8 Å². The van der Waals surface area contributed by atoms with Crippen LogP contribution in [0.25, 0.3) is 11.0 Å². The molecule has 0 unspecified atom stereocenters. The highest BCUT2D eigenvalue weighted by Crippen LogP contribution is 2.04. The topological polar surface area (TPSA) is 100 Å². The molecule has 0 atom stereocenters. The molecule has 0 bridgehead atoms. The number of carboxylic acid groups (broad SMARTS) is 2. The van der Waals surface area contributed by atoms with E-state index < -0.39 is 11.9 Å². The number of carboxylic acids is 2. The van der Waals surface area contributed by atoms with Gasteiger partial charge in [-0.15, -0.1) is 0 Å². The summed E-state index contributed by atoms with van der Waals surface area (Å²) in [4.78, 5) is 27.3. The van der Waals surface area contributed by atoms with Crippen LogP contribution in [0.3, 0.4) is 0 Å². The third kappa shape index (κ3) is 4.84. The molecule has 0 aliphatic heterocycles. The van der Waals surface area contributed by atoms with E-state index in [1.165, 1.54) is 0 Å². The quantitative estimate of drug-likeness (QED) is 0.775. The number of aliphatic carboxylic acids is 2. The van der Waals surface area contributed by atoms with Gasteiger partial charge in [-0.05, 0) is 24.3 Å². The van der Waals surface area contributed by atoms with Crippen LogP contribution in [-0.4, -0.2) is 32.1 Å². The monoisotopic (exact) mass is 246 g/mol. The summed E-state index contributed by atoms with van der Waals surface area (Å²) in [7, 11) is 0. The first-order valence-corrected chi connectivity index (χ1v) is 4.89. The lowest BCUT2D eigenvalue weighted by atomic mass is 10.3. The molecule has 0 fully saturated rings. The summed E-state index contributed by atoms with van der Waals surface area (Å²) >= 11 is 0. The fraction of sp³-hybridized carbons (Fsp3) is 0. The second kappa shape index (κ2) is 6.74. The van der Waals surface area contributed by atoms with Crippen LogP contribution in [0.4, 0.5) is 0 Å². The number of hydrogen-bond donors (Lipinski definition) is 2. The molecule has 0 saturated carbocycles. The summed E-state index contributed by atoms with van der Waals surface area (Å²) in [6.07, 6.45) is 4.65. The van der Waals surface area contributed by atoms with E-state index in [0.717, 1.165) is 11.0 Å². The zero-order valence-corrected chi connectivity index (χ0v) is 9.22. The first kappa shape index (κ1) is 13.3. The zero-order chi connectivity index (χ0) is 13.4. The van der Waals surface area contributed by atoms with E-state index in [9.17, 15) is 9.59 Å². The van der Waals surface area contributed by atoms with Gasteiger partial charge < -0.3 is 10.2 Å². The number of aromatic nitrogens is 2. The van der Waals surface area contributed by atoms with Crippen LogP contribution < -0.4 is 0 Å². The molecule has 18 heavy (non-hydrogen) atoms. The van der Waals surface area contributed by atoms with Crippen LogP contribution >= 0.6 is 0 Å². The maximum Gasteiger partial charge on any atom is 0.328 e. The highest BCUT2D eigenvalue weighted by molar-refractivity contribution is 5.89. The van der Waals surface area contributed by atoms with Gasteiger partial charge in [0.25, 0.3) is 0 Å². The number of nitrogens with zero attached hydrogens (tertiary/aromatic N) is 2. The Bertz CT molecular complexity index is 500. The SMILES string of the molecule is O=C(O)/C=C/C(=O)O.c1cnc2cccnc2c1. The maximum absolute atomic E-state index is 9.55. The highest BCUT2D eigenvalue weighted by atomic mass is 16.4. The fourth-order valence-electron chi connectivity index (χ4n) is 1.05. The van der Waals surface area contributed by atoms with E-state index in [4.69, 9.17) is 10.2 Å². The number of carbonyl (C=O) groups is 2. The Labute approximate surface area is 102 Å². The van der Waals surface area contributed by atoms with Crippen LogP contribution in [0.15, 0.2) is 48.8 Å². The first-order valence-electron chi connectivity index (χ1n) is 4.89. The molecule has 2 aromatic heterocycles. The third-order valence-electron chi connectivity index (χ3n) is 1.74. The Morgan fingerprint density at radius 3 is 1.61 bits per heavy atom. The lowest BCUT2D eigenvalue weighted by Gasteiger charge is -1.90. The van der Waals surface area contributed by atoms with Crippen molar-refractivity contribution in [3.8, 4) is 0 Å². The van der Waals surface area contributed by atoms with Crippen LogP contribution in [0, 0.1) is 0 Å². The lowest BCUT2D eigenvalue weighted by Crippen LogP contribution is -1.91. The Kier molecular flexibility index (Phi) is 4.98. The number of hydrogen-bond acceptors (Lipinski definition) is 4. The molecule has 6 nitrogen and oxygen atoms in total. The smallest absolute Gasteiger partial charge is 0.328 e. The molecule has 0 aliphatic rings. The van der Waals surface area contributed by atoms with E-state index in [0.29, 0.717) is 12.2 Å². The van der Waals surface area contributed by atoms with Gasteiger partial charge in [0.1, 0.15) is 0 Å². The molecule has 2 rings (SSSR count). The summed E-state index contributed by atoms with van der Waals surface area (Å²) in [5.74, 6) is -2.51. The summed E-state index contributed by atoms with van der Waals surface area (Å²) in [6.45, 7) is 0. The second-order valence-electron chi connectivity index (χ2n) is 3.05. The molecule has 0 spiro atoms. The van der Waals surface area contributed by atoms with E-state index in [1.807, 2.05) is 24.3 Å². The molecular formula is C12H10N2O4. The van der Waals surface area contributed by atoms with Crippen LogP contribution in [0.2, 0.25) is 0 Å². The van der Waals surface area contributed by atoms with Gasteiger partial charge in [-0.2, -0.15) is 0 Å². The molecular weight excluding hydrogens is 236 g/mol. The largest absolute Gasteiger partial charge is 0.478 e. The molecule has 0 aromatic carbocycles. The van der Waals surface area contributed by atoms with Gasteiger partial charge in [-0.25, -0.2) is 9.59 Å². The van der Waals surface area contributed by atoms with Gasteiger partial charge in [-0.3, -0.25) is 9.97 Å². The third-order valence-corrected chi connectivity index (χ3v) is 1.74. The Morgan fingerprint density at radius 1 is 0.889 bits per heavy atom. The van der Waals surface area contributed by atoms with Crippen molar-refractivity contribution in [1.29, 1.82) is 0 Å². The lowest BCUT2D eigenvalue weighted by molar-refractivity contribution is -0.134. The Hall–Kier alpha value is -2.76. The number of fused-ring (bicyclic) bond motifs is 1. The van der Waals surface area contributed by atoms with Crippen LogP contribution in [0.1, 0.15) is 0 Å². The van der Waals surface area contributed by atoms with Crippen molar-refractivity contribution in [2.45, 2.75) is 0 Å². The van der Waals surface area contributed by atoms with E-state index >= 15 is 0 Å². The maximum atomic E-state index is 9.55. The molecule has 0 aliphatic carbocycles. The van der Waals surface area contributed by atoms with Crippen molar-refractivity contribution >= 4 is 23.0 Å². The molecule has 0 amide bonds. The van der Waals surface area contributed by atoms with Gasteiger partial charge in [0.15, 0.2) is 0 Å². The molecule has 6 heteroatoms. The standard InChI is InChI=1S/C8H6N2.C4H4O4/c1-3-7-8(9-5-1)4-2-6-10-7;5-3(6)1-2-4(7)8/h1-6H;1-2H,(H,5,6)(H,7,8)/b;2-1+. The normalized spacial score (nSPS) is 9.78. The van der Waals surface area contributed by atoms with Gasteiger partial charge in [0, 0.05) is 24.5 Å². The van der Waals surface area contributed by atoms with Crippen molar-refractivity contribution < 1.29 is 19.8 Å². The fourth-order valence-corrected chi connectivity index (χ4v) is 1.05. The van der Waals surface area contributed by atoms with Gasteiger partial charge in [0.2, 0.25) is 0 Å². The molecule has 0 radical (unpaired) electrons. The molecule has 2 heterocycles. The zero-order valence-electron chi connectivity index (χ0n) is 9.22. The van der Waals surface area contributed by atoms with E-state index in [-0.39, 0.29) is 0 Å². The van der Waals surface area contributed by atoms with Crippen molar-refractivity contribution in [2.24, 2.45) is 0 Å². The summed E-state index contributed by atoms with van der Waals surface area (Å²) < 4.78 is 0. The predicted molar refractivity (Wildman–Crippen MR) is 63.9 cm³/mol. The minimum absolute atomic E-state index is 0.558. The molecule has 92 valence electrons. The predicted octanol–water partition coefficient (Wildman–Crippen LogP) is 1.34. The minimum atomic E-state index is -1.26. The second-order valence-corrected chi connectivity index (χ2v) is 3.05. The molecule has 2 aromatic rings. The average molecular weight is 246 g/mol. The van der Waals surface area contributed by atoms with Crippen molar-refractivity contribution in [1.82, 2.24) is 9.97 Å². The average Bonchev–Trinajstić information content (AvgIpc) is 2.37. The summed E-state index contributed by atoms with van der Waals surface area (Å²) in [6, 6.07) is 7.66. The van der Waals surface area contributed by atoms with E-state index in [2.05, 4.69) is 9.97 Å². The van der Waals surface area contributed by atoms with E-state index in [1.54, 1.807) is 12.4 Å².